The van der Waals surface area contributed by atoms with Crippen molar-refractivity contribution >= 4 is 23.2 Å². The van der Waals surface area contributed by atoms with Gasteiger partial charge in [0, 0.05) is 23.1 Å². The van der Waals surface area contributed by atoms with Crippen molar-refractivity contribution < 1.29 is 14.0 Å². The Morgan fingerprint density at radius 2 is 1.48 bits per heavy atom. The van der Waals surface area contributed by atoms with Gasteiger partial charge in [0.25, 0.3) is 11.8 Å². The number of pyridine rings is 1. The van der Waals surface area contributed by atoms with Crippen molar-refractivity contribution in [2.45, 2.75) is 13.3 Å². The first-order valence-electron chi connectivity index (χ1n) is 8.48. The van der Waals surface area contributed by atoms with Gasteiger partial charge in [0.1, 0.15) is 11.5 Å². The molecule has 6 heteroatoms. The summed E-state index contributed by atoms with van der Waals surface area (Å²) in [6, 6.07) is 15.9. The van der Waals surface area contributed by atoms with Gasteiger partial charge in [-0.3, -0.25) is 14.6 Å². The van der Waals surface area contributed by atoms with Crippen LogP contribution in [0.1, 0.15) is 33.3 Å². The van der Waals surface area contributed by atoms with E-state index in [1.54, 1.807) is 0 Å². The number of amides is 2. The van der Waals surface area contributed by atoms with Crippen LogP contribution in [0.15, 0.2) is 66.9 Å². The molecule has 2 aromatic carbocycles. The fourth-order valence-corrected chi connectivity index (χ4v) is 2.45. The zero-order chi connectivity index (χ0) is 19.2. The molecule has 0 fully saturated rings. The van der Waals surface area contributed by atoms with Gasteiger partial charge in [0.05, 0.1) is 0 Å². The summed E-state index contributed by atoms with van der Waals surface area (Å²) in [6.45, 7) is 2.06. The van der Waals surface area contributed by atoms with Crippen LogP contribution in [-0.2, 0) is 6.42 Å². The molecule has 0 saturated carbocycles. The van der Waals surface area contributed by atoms with Gasteiger partial charge in [-0.2, -0.15) is 0 Å². The van der Waals surface area contributed by atoms with E-state index in [0.29, 0.717) is 16.9 Å². The summed E-state index contributed by atoms with van der Waals surface area (Å²) in [4.78, 5) is 28.7. The Bertz CT molecular complexity index is 954. The molecule has 1 aromatic heterocycles. The van der Waals surface area contributed by atoms with Crippen molar-refractivity contribution in [1.82, 2.24) is 4.98 Å². The Morgan fingerprint density at radius 3 is 2.11 bits per heavy atom. The normalized spacial score (nSPS) is 10.3. The highest BCUT2D eigenvalue weighted by atomic mass is 19.1. The number of benzene rings is 2. The zero-order valence-corrected chi connectivity index (χ0v) is 14.7. The van der Waals surface area contributed by atoms with E-state index in [1.165, 1.54) is 48.2 Å². The van der Waals surface area contributed by atoms with E-state index in [9.17, 15) is 14.0 Å². The van der Waals surface area contributed by atoms with E-state index < -0.39 is 11.7 Å². The third-order valence-corrected chi connectivity index (χ3v) is 3.98. The highest BCUT2D eigenvalue weighted by Crippen LogP contribution is 2.13. The van der Waals surface area contributed by atoms with E-state index in [4.69, 9.17) is 0 Å². The molecule has 136 valence electrons. The Hall–Kier alpha value is -3.54. The molecular formula is C21H18FN3O2. The topological polar surface area (TPSA) is 71.1 Å². The van der Waals surface area contributed by atoms with Gasteiger partial charge in [-0.1, -0.05) is 19.1 Å². The van der Waals surface area contributed by atoms with E-state index in [1.807, 2.05) is 24.3 Å². The molecule has 0 aliphatic rings. The van der Waals surface area contributed by atoms with Crippen LogP contribution < -0.4 is 10.6 Å². The second-order valence-corrected chi connectivity index (χ2v) is 5.90. The van der Waals surface area contributed by atoms with Crippen LogP contribution in [0.5, 0.6) is 0 Å². The molecule has 1 heterocycles. The first-order chi connectivity index (χ1) is 13.0. The van der Waals surface area contributed by atoms with Crippen LogP contribution in [0.4, 0.5) is 15.8 Å². The smallest absolute Gasteiger partial charge is 0.274 e. The highest BCUT2D eigenvalue weighted by molar-refractivity contribution is 6.07. The van der Waals surface area contributed by atoms with E-state index in [-0.39, 0.29) is 11.6 Å². The van der Waals surface area contributed by atoms with Gasteiger partial charge < -0.3 is 10.6 Å². The lowest BCUT2D eigenvalue weighted by Crippen LogP contribution is -2.17. The number of halogens is 1. The third kappa shape index (κ3) is 4.76. The minimum Gasteiger partial charge on any atom is -0.322 e. The first-order valence-corrected chi connectivity index (χ1v) is 8.48. The molecule has 0 unspecified atom stereocenters. The summed E-state index contributed by atoms with van der Waals surface area (Å²) in [5.74, 6) is -1.21. The van der Waals surface area contributed by atoms with Crippen LogP contribution in [0.25, 0.3) is 0 Å². The predicted molar refractivity (Wildman–Crippen MR) is 102 cm³/mol. The van der Waals surface area contributed by atoms with Gasteiger partial charge in [-0.25, -0.2) is 4.39 Å². The van der Waals surface area contributed by atoms with Crippen molar-refractivity contribution in [3.05, 3.63) is 89.5 Å². The molecule has 0 atom stereocenters. The largest absolute Gasteiger partial charge is 0.322 e. The van der Waals surface area contributed by atoms with Crippen molar-refractivity contribution in [3.8, 4) is 0 Å². The van der Waals surface area contributed by atoms with E-state index in [2.05, 4.69) is 22.5 Å². The predicted octanol–water partition coefficient (Wildman–Crippen LogP) is 4.29. The lowest BCUT2D eigenvalue weighted by atomic mass is 10.1. The number of anilines is 2. The molecule has 27 heavy (non-hydrogen) atoms. The number of carbonyl (C=O) groups is 2. The van der Waals surface area contributed by atoms with Gasteiger partial charge >= 0.3 is 0 Å². The minimum atomic E-state index is -0.483. The Morgan fingerprint density at radius 1 is 0.889 bits per heavy atom. The minimum absolute atomic E-state index is 0.0910. The number of carbonyl (C=O) groups excluding carboxylic acids is 2. The monoisotopic (exact) mass is 363 g/mol. The number of nitrogens with zero attached hydrogens (tertiary/aromatic N) is 1. The summed E-state index contributed by atoms with van der Waals surface area (Å²) in [7, 11) is 0. The van der Waals surface area contributed by atoms with Gasteiger partial charge in [0.15, 0.2) is 0 Å². The van der Waals surface area contributed by atoms with Gasteiger partial charge in [-0.05, 0) is 60.5 Å². The molecule has 3 aromatic rings. The van der Waals surface area contributed by atoms with Crippen LogP contribution >= 0.6 is 0 Å². The molecule has 0 bridgehead atoms. The molecular weight excluding hydrogens is 345 g/mol. The second-order valence-electron chi connectivity index (χ2n) is 5.90. The highest BCUT2D eigenvalue weighted by Gasteiger charge is 2.12. The van der Waals surface area contributed by atoms with Crippen molar-refractivity contribution in [1.29, 1.82) is 0 Å². The van der Waals surface area contributed by atoms with Crippen LogP contribution in [0, 0.1) is 5.82 Å². The summed E-state index contributed by atoms with van der Waals surface area (Å²) < 4.78 is 12.9. The number of aromatic nitrogens is 1. The van der Waals surface area contributed by atoms with Crippen molar-refractivity contribution in [3.63, 3.8) is 0 Å². The maximum Gasteiger partial charge on any atom is 0.274 e. The van der Waals surface area contributed by atoms with Crippen LogP contribution in [0.2, 0.25) is 0 Å². The van der Waals surface area contributed by atoms with E-state index in [0.717, 1.165) is 6.42 Å². The zero-order valence-electron chi connectivity index (χ0n) is 14.7. The standard InChI is InChI=1S/C21H18FN3O2/c1-2-14-3-7-17(8-4-14)24-20(26)15-11-12-23-19(13-15)21(27)25-18-9-5-16(22)6-10-18/h3-13H,2H2,1H3,(H,24,26)(H,25,27). The molecule has 5 nitrogen and oxygen atoms in total. The molecule has 0 saturated heterocycles. The summed E-state index contributed by atoms with van der Waals surface area (Å²) in [6.07, 6.45) is 2.32. The van der Waals surface area contributed by atoms with E-state index >= 15 is 0 Å². The Kier molecular flexibility index (Phi) is 5.56. The fraction of sp³-hybridized carbons (Fsp3) is 0.0952. The lowest BCUT2D eigenvalue weighted by molar-refractivity contribution is 0.102. The molecule has 3 rings (SSSR count). The number of aryl methyl sites for hydroxylation is 1. The second kappa shape index (κ2) is 8.23. The van der Waals surface area contributed by atoms with Crippen molar-refractivity contribution in [2.24, 2.45) is 0 Å². The first kappa shape index (κ1) is 18.3. The SMILES string of the molecule is CCc1ccc(NC(=O)c2ccnc(C(=O)Nc3ccc(F)cc3)c2)cc1. The number of hydrogen-bond acceptors (Lipinski definition) is 3. The third-order valence-electron chi connectivity index (χ3n) is 3.98. The number of nitrogens with one attached hydrogen (secondary N) is 2. The average Bonchev–Trinajstić information content (AvgIpc) is 2.70. The quantitative estimate of drug-likeness (QED) is 0.710. The number of rotatable bonds is 5. The maximum atomic E-state index is 12.9. The van der Waals surface area contributed by atoms with Crippen LogP contribution in [-0.4, -0.2) is 16.8 Å². The summed E-state index contributed by atoms with van der Waals surface area (Å²) in [5, 5.41) is 5.41. The summed E-state index contributed by atoms with van der Waals surface area (Å²) in [5.41, 5.74) is 2.69. The lowest BCUT2D eigenvalue weighted by Gasteiger charge is -2.08. The molecule has 0 aliphatic carbocycles. The number of hydrogen-bond donors (Lipinski definition) is 2. The summed E-state index contributed by atoms with van der Waals surface area (Å²) >= 11 is 0. The fourth-order valence-electron chi connectivity index (χ4n) is 2.45. The van der Waals surface area contributed by atoms with Crippen molar-refractivity contribution in [2.75, 3.05) is 10.6 Å². The Labute approximate surface area is 156 Å². The molecule has 2 amide bonds. The molecule has 2 N–H and O–H groups in total. The maximum absolute atomic E-state index is 12.9. The van der Waals surface area contributed by atoms with Gasteiger partial charge in [0.2, 0.25) is 0 Å². The van der Waals surface area contributed by atoms with Crippen LogP contribution in [0.3, 0.4) is 0 Å². The molecule has 0 radical (unpaired) electrons. The van der Waals surface area contributed by atoms with Gasteiger partial charge in [-0.15, -0.1) is 0 Å². The molecule has 0 aliphatic heterocycles. The Balaban J connectivity index is 1.70. The molecule has 0 spiro atoms. The average molecular weight is 363 g/mol.